The van der Waals surface area contributed by atoms with Gasteiger partial charge in [0.2, 0.25) is 11.3 Å². The summed E-state index contributed by atoms with van der Waals surface area (Å²) in [4.78, 5) is 25.2. The Balaban J connectivity index is 2.19. The van der Waals surface area contributed by atoms with Crippen molar-refractivity contribution >= 4 is 11.5 Å². The van der Waals surface area contributed by atoms with Crippen molar-refractivity contribution in [3.63, 3.8) is 0 Å². The summed E-state index contributed by atoms with van der Waals surface area (Å²) in [7, 11) is 1.58. The largest absolute Gasteiger partial charge is 0.497 e. The first-order chi connectivity index (χ1) is 12.6. The molecule has 0 aliphatic rings. The maximum Gasteiger partial charge on any atom is 0.347 e. The van der Waals surface area contributed by atoms with E-state index in [-0.39, 0.29) is 12.2 Å². The van der Waals surface area contributed by atoms with Crippen LogP contribution in [0.4, 0.5) is 0 Å². The number of hydrogen-bond donors (Lipinski definition) is 1. The first kappa shape index (κ1) is 17.5. The molecule has 134 valence electrons. The van der Waals surface area contributed by atoms with Crippen LogP contribution in [0.3, 0.4) is 0 Å². The molecule has 0 fully saturated rings. The number of ether oxygens (including phenoxy) is 2. The van der Waals surface area contributed by atoms with Crippen LogP contribution in [-0.2, 0) is 11.2 Å². The quantitative estimate of drug-likeness (QED) is 0.714. The number of esters is 1. The first-order valence-corrected chi connectivity index (χ1v) is 8.22. The Morgan fingerprint density at radius 3 is 2.54 bits per heavy atom. The average Bonchev–Trinajstić information content (AvgIpc) is 2.66. The number of aromatic nitrogens is 1. The van der Waals surface area contributed by atoms with E-state index in [4.69, 9.17) is 9.47 Å². The molecule has 26 heavy (non-hydrogen) atoms. The van der Waals surface area contributed by atoms with Crippen LogP contribution in [0.25, 0.3) is 5.52 Å². The number of nitrogens with zero attached hydrogens (tertiary/aromatic N) is 1. The fourth-order valence-electron chi connectivity index (χ4n) is 2.87. The maximum absolute atomic E-state index is 12.9. The standard InChI is InChI=1S/C20H19NO5/c1-3-26-20(24)17-18(22)15(12-13-7-9-14(25-2)10-8-13)16-6-4-5-11-21(16)19(17)23/h4-11,23H,3,12H2,1-2H3. The maximum atomic E-state index is 12.9. The van der Waals surface area contributed by atoms with Gasteiger partial charge in [-0.15, -0.1) is 0 Å². The van der Waals surface area contributed by atoms with Crippen molar-refractivity contribution in [2.45, 2.75) is 13.3 Å². The summed E-state index contributed by atoms with van der Waals surface area (Å²) in [5.74, 6) is -0.528. The first-order valence-electron chi connectivity index (χ1n) is 8.22. The van der Waals surface area contributed by atoms with Crippen LogP contribution >= 0.6 is 0 Å². The molecular formula is C20H19NO5. The molecule has 2 heterocycles. The van der Waals surface area contributed by atoms with E-state index >= 15 is 0 Å². The highest BCUT2D eigenvalue weighted by Gasteiger charge is 2.23. The van der Waals surface area contributed by atoms with Crippen LogP contribution in [-0.4, -0.2) is 29.2 Å². The molecule has 3 rings (SSSR count). The number of pyridine rings is 2. The van der Waals surface area contributed by atoms with Gasteiger partial charge in [0.05, 0.1) is 19.2 Å². The minimum absolute atomic E-state index is 0.114. The highest BCUT2D eigenvalue weighted by molar-refractivity contribution is 5.93. The Morgan fingerprint density at radius 1 is 1.15 bits per heavy atom. The number of aromatic hydroxyl groups is 1. The Bertz CT molecular complexity index is 1010. The van der Waals surface area contributed by atoms with Crippen molar-refractivity contribution in [1.29, 1.82) is 0 Å². The summed E-state index contributed by atoms with van der Waals surface area (Å²) in [5, 5.41) is 10.4. The summed E-state index contributed by atoms with van der Waals surface area (Å²) in [6.07, 6.45) is 1.91. The number of methoxy groups -OCH3 is 1. The molecule has 0 saturated heterocycles. The molecule has 0 saturated carbocycles. The van der Waals surface area contributed by atoms with Crippen molar-refractivity contribution in [3.05, 3.63) is 75.6 Å². The normalized spacial score (nSPS) is 10.7. The second kappa shape index (κ2) is 7.31. The molecule has 6 heteroatoms. The van der Waals surface area contributed by atoms with Gasteiger partial charge in [-0.1, -0.05) is 18.2 Å². The van der Waals surface area contributed by atoms with Gasteiger partial charge in [-0.2, -0.15) is 0 Å². The predicted molar refractivity (Wildman–Crippen MR) is 97.1 cm³/mol. The zero-order valence-electron chi connectivity index (χ0n) is 14.6. The van der Waals surface area contributed by atoms with E-state index in [0.29, 0.717) is 23.3 Å². The lowest BCUT2D eigenvalue weighted by Crippen LogP contribution is -2.23. The molecule has 0 radical (unpaired) electrons. The number of rotatable bonds is 5. The number of carbonyl (C=O) groups is 1. The summed E-state index contributed by atoms with van der Waals surface area (Å²) in [6, 6.07) is 12.5. The van der Waals surface area contributed by atoms with Crippen molar-refractivity contribution in [2.75, 3.05) is 13.7 Å². The average molecular weight is 353 g/mol. The lowest BCUT2D eigenvalue weighted by Gasteiger charge is -2.13. The summed E-state index contributed by atoms with van der Waals surface area (Å²) >= 11 is 0. The van der Waals surface area contributed by atoms with E-state index in [2.05, 4.69) is 0 Å². The van der Waals surface area contributed by atoms with E-state index < -0.39 is 17.3 Å². The number of fused-ring (bicyclic) bond motifs is 1. The molecule has 1 aromatic carbocycles. The van der Waals surface area contributed by atoms with Crippen molar-refractivity contribution in [3.8, 4) is 11.6 Å². The van der Waals surface area contributed by atoms with Crippen LogP contribution in [0.1, 0.15) is 28.4 Å². The lowest BCUT2D eigenvalue weighted by molar-refractivity contribution is 0.0520. The summed E-state index contributed by atoms with van der Waals surface area (Å²) in [6.45, 7) is 1.76. The van der Waals surface area contributed by atoms with Gasteiger partial charge in [0, 0.05) is 18.2 Å². The number of hydrogen-bond acceptors (Lipinski definition) is 5. The fraction of sp³-hybridized carbons (Fsp3) is 0.200. The molecule has 6 nitrogen and oxygen atoms in total. The molecule has 0 amide bonds. The molecule has 0 spiro atoms. The molecule has 2 aromatic heterocycles. The molecule has 0 unspecified atom stereocenters. The molecule has 1 N–H and O–H groups in total. The highest BCUT2D eigenvalue weighted by Crippen LogP contribution is 2.22. The predicted octanol–water partition coefficient (Wildman–Crippen LogP) is 2.78. The molecule has 0 aliphatic heterocycles. The van der Waals surface area contributed by atoms with Gasteiger partial charge in [0.25, 0.3) is 0 Å². The third kappa shape index (κ3) is 3.13. The third-order valence-corrected chi connectivity index (χ3v) is 4.14. The van der Waals surface area contributed by atoms with Gasteiger partial charge in [-0.05, 0) is 36.8 Å². The van der Waals surface area contributed by atoms with Gasteiger partial charge in [0.1, 0.15) is 5.75 Å². The second-order valence-electron chi connectivity index (χ2n) is 5.71. The topological polar surface area (TPSA) is 77.2 Å². The van der Waals surface area contributed by atoms with E-state index in [1.807, 2.05) is 24.3 Å². The summed E-state index contributed by atoms with van der Waals surface area (Å²) < 4.78 is 11.5. The molecular weight excluding hydrogens is 334 g/mol. The second-order valence-corrected chi connectivity index (χ2v) is 5.71. The Kier molecular flexibility index (Phi) is 4.93. The molecule has 0 atom stereocenters. The van der Waals surface area contributed by atoms with E-state index in [9.17, 15) is 14.7 Å². The van der Waals surface area contributed by atoms with Crippen LogP contribution in [0.5, 0.6) is 11.6 Å². The summed E-state index contributed by atoms with van der Waals surface area (Å²) in [5.41, 5.74) is 0.965. The van der Waals surface area contributed by atoms with Gasteiger partial charge in [-0.3, -0.25) is 9.20 Å². The van der Waals surface area contributed by atoms with Crippen LogP contribution in [0.15, 0.2) is 53.5 Å². The Morgan fingerprint density at radius 2 is 1.88 bits per heavy atom. The highest BCUT2D eigenvalue weighted by atomic mass is 16.5. The van der Waals surface area contributed by atoms with E-state index in [0.717, 1.165) is 5.56 Å². The van der Waals surface area contributed by atoms with Crippen LogP contribution < -0.4 is 10.2 Å². The number of benzene rings is 1. The Hall–Kier alpha value is -3.28. The molecule has 0 aliphatic carbocycles. The minimum atomic E-state index is -0.829. The SMILES string of the molecule is CCOC(=O)c1c(O)n2ccccc2c(Cc2ccc(OC)cc2)c1=O. The van der Waals surface area contributed by atoms with Crippen molar-refractivity contribution in [2.24, 2.45) is 0 Å². The monoisotopic (exact) mass is 353 g/mol. The zero-order valence-corrected chi connectivity index (χ0v) is 14.6. The smallest absolute Gasteiger partial charge is 0.347 e. The van der Waals surface area contributed by atoms with Gasteiger partial charge in [-0.25, -0.2) is 4.79 Å². The molecule has 3 aromatic rings. The molecule has 0 bridgehead atoms. The van der Waals surface area contributed by atoms with Crippen LogP contribution in [0.2, 0.25) is 0 Å². The van der Waals surface area contributed by atoms with Crippen molar-refractivity contribution < 1.29 is 19.4 Å². The van der Waals surface area contributed by atoms with Gasteiger partial charge < -0.3 is 14.6 Å². The number of carbonyl (C=O) groups excluding carboxylic acids is 1. The van der Waals surface area contributed by atoms with Gasteiger partial charge in [0.15, 0.2) is 5.56 Å². The van der Waals surface area contributed by atoms with E-state index in [1.54, 1.807) is 38.4 Å². The van der Waals surface area contributed by atoms with E-state index in [1.165, 1.54) is 4.40 Å². The lowest BCUT2D eigenvalue weighted by atomic mass is 10.0. The third-order valence-electron chi connectivity index (χ3n) is 4.14. The van der Waals surface area contributed by atoms with Crippen molar-refractivity contribution in [1.82, 2.24) is 4.40 Å². The zero-order chi connectivity index (χ0) is 18.7. The van der Waals surface area contributed by atoms with Crippen LogP contribution in [0, 0.1) is 0 Å². The fourth-order valence-corrected chi connectivity index (χ4v) is 2.87. The minimum Gasteiger partial charge on any atom is -0.497 e. The Labute approximate surface area is 150 Å². The van der Waals surface area contributed by atoms with Gasteiger partial charge >= 0.3 is 5.97 Å².